The minimum Gasteiger partial charge on any atom is -0.427 e. The molecule has 2 nitrogen and oxygen atoms in total. The molecule has 2 aromatic carbocycles. The van der Waals surface area contributed by atoms with Gasteiger partial charge in [0.25, 0.3) is 0 Å². The predicted molar refractivity (Wildman–Crippen MR) is 84.1 cm³/mol. The first-order valence-corrected chi connectivity index (χ1v) is 7.05. The Kier molecular flexibility index (Phi) is 2.51. The largest absolute Gasteiger partial charge is 0.427 e. The molecule has 0 saturated carbocycles. The summed E-state index contributed by atoms with van der Waals surface area (Å²) in [4.78, 5) is 0. The molecule has 0 amide bonds. The molecule has 0 N–H and O–H groups in total. The Labute approximate surface area is 119 Å². The van der Waals surface area contributed by atoms with Crippen molar-refractivity contribution in [1.82, 2.24) is 4.57 Å². The van der Waals surface area contributed by atoms with E-state index in [-0.39, 0.29) is 6.92 Å². The Balaban J connectivity index is 1.89. The third-order valence-corrected chi connectivity index (χ3v) is 4.18. The van der Waals surface area contributed by atoms with E-state index in [1.54, 1.807) is 0 Å². The lowest BCUT2D eigenvalue weighted by atomic mass is 9.64. The van der Waals surface area contributed by atoms with Crippen molar-refractivity contribution in [3.63, 3.8) is 0 Å². The quantitative estimate of drug-likeness (QED) is 0.613. The molecule has 3 aromatic rings. The molecule has 2 heterocycles. The number of aryl methyl sites for hydroxylation is 1. The Morgan fingerprint density at radius 1 is 1.10 bits per heavy atom. The van der Waals surface area contributed by atoms with Crippen LogP contribution in [0.3, 0.4) is 0 Å². The molecule has 0 atom stereocenters. The van der Waals surface area contributed by atoms with Crippen LogP contribution in [0.2, 0.25) is 6.82 Å². The summed E-state index contributed by atoms with van der Waals surface area (Å²) in [5, 5.41) is 1.29. The maximum Gasteiger partial charge on any atom is 0.324 e. The van der Waals surface area contributed by atoms with E-state index in [0.29, 0.717) is 0 Å². The van der Waals surface area contributed by atoms with Crippen molar-refractivity contribution in [3.8, 4) is 5.69 Å². The van der Waals surface area contributed by atoms with Crippen LogP contribution >= 0.6 is 0 Å². The molecule has 0 bridgehead atoms. The lowest BCUT2D eigenvalue weighted by molar-refractivity contribution is 0.333. The molecular formula is C17H16BNO. The van der Waals surface area contributed by atoms with Gasteiger partial charge in [-0.25, -0.2) is 0 Å². The van der Waals surface area contributed by atoms with Crippen LogP contribution in [-0.4, -0.2) is 11.5 Å². The molecule has 4 rings (SSSR count). The van der Waals surface area contributed by atoms with Gasteiger partial charge in [0.2, 0.25) is 0 Å². The van der Waals surface area contributed by atoms with Gasteiger partial charge in [-0.15, -0.1) is 0 Å². The van der Waals surface area contributed by atoms with Crippen molar-refractivity contribution in [1.29, 1.82) is 0 Å². The summed E-state index contributed by atoms with van der Waals surface area (Å²) in [7, 11) is 0. The topological polar surface area (TPSA) is 14.2 Å². The summed E-state index contributed by atoms with van der Waals surface area (Å²) in [5.74, 6) is 0. The van der Waals surface area contributed by atoms with E-state index in [1.165, 1.54) is 33.2 Å². The number of fused-ring (bicyclic) bond motifs is 2. The zero-order valence-electron chi connectivity index (χ0n) is 11.8. The Hall–Kier alpha value is -2.00. The molecular weight excluding hydrogens is 245 g/mol. The van der Waals surface area contributed by atoms with Gasteiger partial charge in [0, 0.05) is 17.3 Å². The van der Waals surface area contributed by atoms with Gasteiger partial charge in [0.05, 0.1) is 12.1 Å². The van der Waals surface area contributed by atoms with Crippen LogP contribution < -0.4 is 5.46 Å². The van der Waals surface area contributed by atoms with Gasteiger partial charge < -0.3 is 9.22 Å². The maximum atomic E-state index is 5.69. The van der Waals surface area contributed by atoms with Gasteiger partial charge in [0.1, 0.15) is 0 Å². The third-order valence-electron chi connectivity index (χ3n) is 4.18. The van der Waals surface area contributed by atoms with Crippen molar-refractivity contribution in [2.45, 2.75) is 20.4 Å². The number of hydrogen-bond donors (Lipinski definition) is 0. The van der Waals surface area contributed by atoms with E-state index in [2.05, 4.69) is 67.0 Å². The summed E-state index contributed by atoms with van der Waals surface area (Å²) in [6.45, 7) is 5.19. The molecule has 0 unspecified atom stereocenters. The second kappa shape index (κ2) is 4.25. The van der Waals surface area contributed by atoms with Crippen molar-refractivity contribution in [2.75, 3.05) is 0 Å². The summed E-state index contributed by atoms with van der Waals surface area (Å²) < 4.78 is 7.94. The van der Waals surface area contributed by atoms with Crippen LogP contribution in [-0.2, 0) is 11.3 Å². The van der Waals surface area contributed by atoms with E-state index in [9.17, 15) is 0 Å². The number of rotatable bonds is 1. The third kappa shape index (κ3) is 1.70. The van der Waals surface area contributed by atoms with Crippen molar-refractivity contribution in [3.05, 3.63) is 59.8 Å². The van der Waals surface area contributed by atoms with Crippen molar-refractivity contribution >= 4 is 23.3 Å². The highest BCUT2D eigenvalue weighted by Crippen LogP contribution is 2.22. The average Bonchev–Trinajstić information content (AvgIpc) is 3.02. The molecule has 1 aliphatic rings. The number of nitrogens with zero attached hydrogens (tertiary/aromatic N) is 1. The first kappa shape index (κ1) is 11.8. The number of benzene rings is 2. The summed E-state index contributed by atoms with van der Waals surface area (Å²) in [6.07, 6.45) is 2.15. The average molecular weight is 261 g/mol. The van der Waals surface area contributed by atoms with Gasteiger partial charge in [-0.05, 0) is 48.3 Å². The Morgan fingerprint density at radius 3 is 2.90 bits per heavy atom. The molecule has 0 radical (unpaired) electrons. The smallest absolute Gasteiger partial charge is 0.324 e. The summed E-state index contributed by atoms with van der Waals surface area (Å²) >= 11 is 0. The second-order valence-electron chi connectivity index (χ2n) is 5.58. The fourth-order valence-corrected chi connectivity index (χ4v) is 3.03. The summed E-state index contributed by atoms with van der Waals surface area (Å²) in [5.41, 5.74) is 6.39. The molecule has 1 aromatic heterocycles. The second-order valence-corrected chi connectivity index (χ2v) is 5.58. The minimum absolute atomic E-state index is 0.203. The number of aromatic nitrogens is 1. The van der Waals surface area contributed by atoms with E-state index in [1.807, 2.05) is 0 Å². The lowest BCUT2D eigenvalue weighted by Gasteiger charge is -2.08. The zero-order valence-corrected chi connectivity index (χ0v) is 11.8. The highest BCUT2D eigenvalue weighted by molar-refractivity contribution is 6.67. The minimum atomic E-state index is 0.203. The molecule has 1 aliphatic heterocycles. The van der Waals surface area contributed by atoms with E-state index < -0.39 is 0 Å². The van der Waals surface area contributed by atoms with Gasteiger partial charge in [0.15, 0.2) is 0 Å². The molecule has 0 fully saturated rings. The van der Waals surface area contributed by atoms with Crippen LogP contribution in [0.15, 0.2) is 48.7 Å². The predicted octanol–water partition coefficient (Wildman–Crippen LogP) is 3.30. The van der Waals surface area contributed by atoms with E-state index in [4.69, 9.17) is 4.65 Å². The van der Waals surface area contributed by atoms with Crippen molar-refractivity contribution in [2.24, 2.45) is 0 Å². The Bertz CT molecular complexity index is 806. The molecule has 0 saturated heterocycles. The van der Waals surface area contributed by atoms with Crippen molar-refractivity contribution < 1.29 is 4.65 Å². The fourth-order valence-electron chi connectivity index (χ4n) is 3.03. The zero-order chi connectivity index (χ0) is 13.7. The van der Waals surface area contributed by atoms with Gasteiger partial charge in [-0.3, -0.25) is 0 Å². The first-order chi connectivity index (χ1) is 9.72. The SMILES string of the molecule is CB1OCc2ccc(-n3ccc4cc(C)ccc43)cc21. The molecule has 0 spiro atoms. The van der Waals surface area contributed by atoms with E-state index >= 15 is 0 Å². The fraction of sp³-hybridized carbons (Fsp3) is 0.176. The monoisotopic (exact) mass is 261 g/mol. The molecule has 98 valence electrons. The summed E-state index contributed by atoms with van der Waals surface area (Å²) in [6, 6.07) is 15.4. The molecule has 0 aliphatic carbocycles. The van der Waals surface area contributed by atoms with Crippen LogP contribution in [0, 0.1) is 6.92 Å². The van der Waals surface area contributed by atoms with Crippen LogP contribution in [0.4, 0.5) is 0 Å². The van der Waals surface area contributed by atoms with Crippen LogP contribution in [0.25, 0.3) is 16.6 Å². The molecule has 3 heteroatoms. The standard InChI is InChI=1S/C17H16BNO/c1-12-3-6-17-13(9-12)7-8-19(17)15-5-4-14-11-20-18(2)16(14)10-15/h3-10H,11H2,1-2H3. The van der Waals surface area contributed by atoms with Crippen LogP contribution in [0.1, 0.15) is 11.1 Å². The van der Waals surface area contributed by atoms with E-state index in [0.717, 1.165) is 6.61 Å². The van der Waals surface area contributed by atoms with Crippen LogP contribution in [0.5, 0.6) is 0 Å². The van der Waals surface area contributed by atoms with Gasteiger partial charge in [-0.1, -0.05) is 24.5 Å². The Morgan fingerprint density at radius 2 is 2.00 bits per heavy atom. The highest BCUT2D eigenvalue weighted by atomic mass is 16.4. The highest BCUT2D eigenvalue weighted by Gasteiger charge is 2.23. The van der Waals surface area contributed by atoms with Gasteiger partial charge >= 0.3 is 6.92 Å². The van der Waals surface area contributed by atoms with Gasteiger partial charge in [-0.2, -0.15) is 0 Å². The lowest BCUT2D eigenvalue weighted by Crippen LogP contribution is -2.24. The maximum absolute atomic E-state index is 5.69. The number of hydrogen-bond acceptors (Lipinski definition) is 1. The first-order valence-electron chi connectivity index (χ1n) is 7.05. The molecule has 20 heavy (non-hydrogen) atoms. The normalized spacial score (nSPS) is 14.0.